The lowest BCUT2D eigenvalue weighted by Crippen LogP contribution is -2.62. The second-order valence-corrected chi connectivity index (χ2v) is 5.23. The molecule has 0 radical (unpaired) electrons. The summed E-state index contributed by atoms with van der Waals surface area (Å²) < 4.78 is 4.99. The van der Waals surface area contributed by atoms with Crippen LogP contribution in [0.5, 0.6) is 0 Å². The summed E-state index contributed by atoms with van der Waals surface area (Å²) in [6.07, 6.45) is 3.28. The molecule has 0 aromatic carbocycles. The lowest BCUT2D eigenvalue weighted by molar-refractivity contribution is -0.133. The number of hydrogen-bond donors (Lipinski definition) is 0. The fraction of sp³-hybridized carbons (Fsp3) is 0.692. The Labute approximate surface area is 107 Å². The minimum Gasteiger partial charge on any atom is -0.445 e. The van der Waals surface area contributed by atoms with Gasteiger partial charge in [-0.3, -0.25) is 4.79 Å². The maximum atomic E-state index is 11.6. The number of ether oxygens (including phenoxy) is 1. The van der Waals surface area contributed by atoms with Crippen LogP contribution in [0, 0.1) is 5.41 Å². The van der Waals surface area contributed by atoms with Gasteiger partial charge in [0.1, 0.15) is 6.61 Å². The Morgan fingerprint density at radius 3 is 2.39 bits per heavy atom. The SMILES string of the molecule is C=CCOC(=O)N1CC2(CCN(C(C)=O)CC2)C1. The Morgan fingerprint density at radius 2 is 1.89 bits per heavy atom. The Morgan fingerprint density at radius 1 is 1.28 bits per heavy atom. The van der Waals surface area contributed by atoms with E-state index in [1.165, 1.54) is 0 Å². The van der Waals surface area contributed by atoms with Crippen molar-refractivity contribution >= 4 is 12.0 Å². The summed E-state index contributed by atoms with van der Waals surface area (Å²) in [5.74, 6) is 0.145. The zero-order valence-electron chi connectivity index (χ0n) is 10.9. The predicted molar refractivity (Wildman–Crippen MR) is 67.0 cm³/mol. The second-order valence-electron chi connectivity index (χ2n) is 5.23. The molecule has 0 N–H and O–H groups in total. The van der Waals surface area contributed by atoms with Crippen molar-refractivity contribution in [1.29, 1.82) is 0 Å². The molecule has 18 heavy (non-hydrogen) atoms. The minimum absolute atomic E-state index is 0.145. The van der Waals surface area contributed by atoms with Gasteiger partial charge in [0.05, 0.1) is 0 Å². The smallest absolute Gasteiger partial charge is 0.410 e. The fourth-order valence-electron chi connectivity index (χ4n) is 2.73. The van der Waals surface area contributed by atoms with Gasteiger partial charge < -0.3 is 14.5 Å². The Kier molecular flexibility index (Phi) is 3.59. The van der Waals surface area contributed by atoms with Crippen LogP contribution in [0.3, 0.4) is 0 Å². The zero-order chi connectivity index (χ0) is 13.2. The van der Waals surface area contributed by atoms with Gasteiger partial charge >= 0.3 is 6.09 Å². The highest BCUT2D eigenvalue weighted by atomic mass is 16.6. The molecule has 2 amide bonds. The molecule has 5 heteroatoms. The molecule has 0 aromatic rings. The molecule has 0 unspecified atom stereocenters. The molecule has 0 saturated carbocycles. The third-order valence-corrected chi connectivity index (χ3v) is 3.90. The van der Waals surface area contributed by atoms with Crippen LogP contribution in [0.4, 0.5) is 4.79 Å². The quantitative estimate of drug-likeness (QED) is 0.695. The van der Waals surface area contributed by atoms with Crippen molar-refractivity contribution in [2.24, 2.45) is 5.41 Å². The summed E-state index contributed by atoms with van der Waals surface area (Å²) in [6, 6.07) is 0. The van der Waals surface area contributed by atoms with Crippen molar-refractivity contribution in [2.75, 3.05) is 32.8 Å². The van der Waals surface area contributed by atoms with Gasteiger partial charge in [0.25, 0.3) is 0 Å². The summed E-state index contributed by atoms with van der Waals surface area (Å²) in [4.78, 5) is 26.4. The van der Waals surface area contributed by atoms with E-state index in [1.807, 2.05) is 4.90 Å². The van der Waals surface area contributed by atoms with Crippen LogP contribution >= 0.6 is 0 Å². The molecule has 2 fully saturated rings. The average molecular weight is 252 g/mol. The van der Waals surface area contributed by atoms with Gasteiger partial charge in [-0.15, -0.1) is 0 Å². The highest BCUT2D eigenvalue weighted by Gasteiger charge is 2.47. The summed E-state index contributed by atoms with van der Waals surface area (Å²) >= 11 is 0. The van der Waals surface area contributed by atoms with E-state index in [4.69, 9.17) is 4.74 Å². The fourth-order valence-corrected chi connectivity index (χ4v) is 2.73. The summed E-state index contributed by atoms with van der Waals surface area (Å²) in [5.41, 5.74) is 0.221. The van der Waals surface area contributed by atoms with E-state index in [2.05, 4.69) is 6.58 Å². The number of carbonyl (C=O) groups is 2. The molecular formula is C13H20N2O3. The van der Waals surface area contributed by atoms with E-state index in [9.17, 15) is 9.59 Å². The van der Waals surface area contributed by atoms with Crippen LogP contribution in [0.2, 0.25) is 0 Å². The molecule has 5 nitrogen and oxygen atoms in total. The van der Waals surface area contributed by atoms with Gasteiger partial charge in [0.2, 0.25) is 5.91 Å². The van der Waals surface area contributed by atoms with E-state index < -0.39 is 0 Å². The summed E-state index contributed by atoms with van der Waals surface area (Å²) in [6.45, 7) is 8.52. The Hall–Kier alpha value is -1.52. The normalized spacial score (nSPS) is 21.4. The van der Waals surface area contributed by atoms with Gasteiger partial charge in [-0.1, -0.05) is 12.7 Å². The maximum Gasteiger partial charge on any atom is 0.410 e. The third-order valence-electron chi connectivity index (χ3n) is 3.90. The van der Waals surface area contributed by atoms with E-state index in [0.29, 0.717) is 0 Å². The van der Waals surface area contributed by atoms with Crippen LogP contribution in [0.15, 0.2) is 12.7 Å². The van der Waals surface area contributed by atoms with E-state index in [0.717, 1.165) is 39.0 Å². The summed E-state index contributed by atoms with van der Waals surface area (Å²) in [7, 11) is 0. The van der Waals surface area contributed by atoms with Crippen molar-refractivity contribution in [2.45, 2.75) is 19.8 Å². The topological polar surface area (TPSA) is 49.9 Å². The molecule has 0 bridgehead atoms. The van der Waals surface area contributed by atoms with Crippen molar-refractivity contribution in [3.8, 4) is 0 Å². The van der Waals surface area contributed by atoms with Crippen LogP contribution in [0.1, 0.15) is 19.8 Å². The van der Waals surface area contributed by atoms with Crippen LogP contribution in [-0.2, 0) is 9.53 Å². The second kappa shape index (κ2) is 5.00. The highest BCUT2D eigenvalue weighted by Crippen LogP contribution is 2.40. The molecule has 1 spiro atoms. The average Bonchev–Trinajstić information content (AvgIpc) is 2.33. The third kappa shape index (κ3) is 2.49. The molecular weight excluding hydrogens is 232 g/mol. The van der Waals surface area contributed by atoms with Crippen LogP contribution < -0.4 is 0 Å². The first kappa shape index (κ1) is 12.9. The van der Waals surface area contributed by atoms with Gasteiger partial charge in [-0.25, -0.2) is 4.79 Å². The zero-order valence-corrected chi connectivity index (χ0v) is 10.9. The number of hydrogen-bond acceptors (Lipinski definition) is 3. The monoisotopic (exact) mass is 252 g/mol. The van der Waals surface area contributed by atoms with Gasteiger partial charge in [-0.05, 0) is 12.8 Å². The highest BCUT2D eigenvalue weighted by molar-refractivity contribution is 5.73. The lowest BCUT2D eigenvalue weighted by Gasteiger charge is -2.53. The number of amides is 2. The van der Waals surface area contributed by atoms with Gasteiger partial charge in [-0.2, -0.15) is 0 Å². The number of piperidine rings is 1. The minimum atomic E-state index is -0.255. The molecule has 2 saturated heterocycles. The van der Waals surface area contributed by atoms with Gasteiger partial charge in [0.15, 0.2) is 0 Å². The number of rotatable bonds is 2. The van der Waals surface area contributed by atoms with E-state index in [1.54, 1.807) is 17.9 Å². The maximum absolute atomic E-state index is 11.6. The number of likely N-dealkylation sites (tertiary alicyclic amines) is 2. The molecule has 0 aromatic heterocycles. The van der Waals surface area contributed by atoms with Crippen molar-refractivity contribution in [3.63, 3.8) is 0 Å². The van der Waals surface area contributed by atoms with Crippen molar-refractivity contribution < 1.29 is 14.3 Å². The van der Waals surface area contributed by atoms with Crippen LogP contribution in [0.25, 0.3) is 0 Å². The number of nitrogens with zero attached hydrogens (tertiary/aromatic N) is 2. The predicted octanol–water partition coefficient (Wildman–Crippen LogP) is 1.25. The van der Waals surface area contributed by atoms with Crippen molar-refractivity contribution in [3.05, 3.63) is 12.7 Å². The first-order valence-electron chi connectivity index (χ1n) is 6.34. The molecule has 2 aliphatic rings. The van der Waals surface area contributed by atoms with E-state index in [-0.39, 0.29) is 24.0 Å². The first-order valence-corrected chi connectivity index (χ1v) is 6.34. The molecule has 2 aliphatic heterocycles. The Bertz CT molecular complexity index is 351. The molecule has 0 aliphatic carbocycles. The van der Waals surface area contributed by atoms with Gasteiger partial charge in [0, 0.05) is 38.5 Å². The van der Waals surface area contributed by atoms with E-state index >= 15 is 0 Å². The van der Waals surface area contributed by atoms with Crippen LogP contribution in [-0.4, -0.2) is 54.6 Å². The molecule has 0 atom stereocenters. The standard InChI is InChI=1S/C13H20N2O3/c1-3-8-18-12(17)15-9-13(10-15)4-6-14(7-5-13)11(2)16/h3H,1,4-10H2,2H3. The largest absolute Gasteiger partial charge is 0.445 e. The lowest BCUT2D eigenvalue weighted by atomic mass is 9.72. The summed E-state index contributed by atoms with van der Waals surface area (Å²) in [5, 5.41) is 0. The van der Waals surface area contributed by atoms with Crippen molar-refractivity contribution in [1.82, 2.24) is 9.80 Å². The Balaban J connectivity index is 1.77. The number of carbonyl (C=O) groups excluding carboxylic acids is 2. The molecule has 100 valence electrons. The first-order chi connectivity index (χ1) is 8.56. The molecule has 2 rings (SSSR count). The molecule has 2 heterocycles.